The van der Waals surface area contributed by atoms with E-state index in [-0.39, 0.29) is 6.61 Å². The number of nitrogens with zero attached hydrogens (tertiary/aromatic N) is 1. The Morgan fingerprint density at radius 3 is 1.83 bits per heavy atom. The van der Waals surface area contributed by atoms with Crippen LogP contribution in [0.1, 0.15) is 0 Å². The zero-order valence-corrected chi connectivity index (χ0v) is 8.47. The number of carboxylic acid groups (broad SMARTS) is 1. The zero-order valence-electron chi connectivity index (χ0n) is 7.71. The molecule has 0 aromatic rings. The highest BCUT2D eigenvalue weighted by atomic mass is 35.5. The lowest BCUT2D eigenvalue weighted by molar-refractivity contribution is -0.870. The highest BCUT2D eigenvalue weighted by Crippen LogP contribution is 1.84. The van der Waals surface area contributed by atoms with E-state index in [1.807, 2.05) is 0 Å². The van der Waals surface area contributed by atoms with E-state index in [0.29, 0.717) is 0 Å². The number of rotatable bonds is 3. The number of carbonyl (C=O) groups excluding carboxylic acids is 1. The van der Waals surface area contributed by atoms with Crippen molar-refractivity contribution in [1.82, 2.24) is 0 Å². The van der Waals surface area contributed by atoms with E-state index in [2.05, 4.69) is 32.7 Å². The topological polar surface area (TPSA) is 60.4 Å². The van der Waals surface area contributed by atoms with E-state index in [0.717, 1.165) is 11.0 Å². The molecule has 0 saturated carbocycles. The number of aliphatic carboxylic acids is 1. The van der Waals surface area contributed by atoms with Crippen LogP contribution in [0.25, 0.3) is 0 Å². The van der Waals surface area contributed by atoms with E-state index >= 15 is 0 Å². The van der Waals surface area contributed by atoms with Gasteiger partial charge in [0.05, 0.1) is 39.6 Å². The fraction of sp³-hybridized carbons (Fsp3) is 0.857. The fourth-order valence-corrected chi connectivity index (χ4v) is 0.300. The number of quaternary nitrogens is 1. The first kappa shape index (κ1) is 14.2. The van der Waals surface area contributed by atoms with E-state index in [1.54, 1.807) is 0 Å². The van der Waals surface area contributed by atoms with Gasteiger partial charge in [-0.1, -0.05) is 0 Å². The van der Waals surface area contributed by atoms with Crippen molar-refractivity contribution in [3.8, 4) is 0 Å². The summed E-state index contributed by atoms with van der Waals surface area (Å²) in [6.07, 6.45) is 0. The molecule has 12 heavy (non-hydrogen) atoms. The third kappa shape index (κ3) is 22.6. The Balaban J connectivity index is 0. The molecule has 5 heteroatoms. The summed E-state index contributed by atoms with van der Waals surface area (Å²) < 4.78 is 0.844. The average molecular weight is 198 g/mol. The Morgan fingerprint density at radius 1 is 1.50 bits per heavy atom. The Kier molecular flexibility index (Phi) is 8.69. The molecule has 4 nitrogen and oxygen atoms in total. The summed E-state index contributed by atoms with van der Waals surface area (Å²) in [5.74, 6) is -1.65. The van der Waals surface area contributed by atoms with E-state index in [1.165, 1.54) is 0 Å². The van der Waals surface area contributed by atoms with Crippen LogP contribution in [0.3, 0.4) is 0 Å². The second kappa shape index (κ2) is 7.34. The number of carboxylic acids is 1. The van der Waals surface area contributed by atoms with Gasteiger partial charge in [0.2, 0.25) is 0 Å². The van der Waals surface area contributed by atoms with Crippen molar-refractivity contribution in [1.29, 1.82) is 0 Å². The standard InChI is InChI=1S/C5H14NO.C2H3ClO2/c1-6(2,3)4-5-7;3-1-2(4)5/h7H,4-5H2,1-3H3;1H2,(H,4,5)/q+1;/p-1. The van der Waals surface area contributed by atoms with Crippen LogP contribution in [0.15, 0.2) is 0 Å². The summed E-state index contributed by atoms with van der Waals surface area (Å²) in [7, 11) is 6.16. The lowest BCUT2D eigenvalue weighted by Gasteiger charge is -2.21. The van der Waals surface area contributed by atoms with Crippen molar-refractivity contribution in [3.63, 3.8) is 0 Å². The highest BCUT2D eigenvalue weighted by Gasteiger charge is 2.02. The first-order chi connectivity index (χ1) is 5.33. The van der Waals surface area contributed by atoms with Gasteiger partial charge in [-0.2, -0.15) is 0 Å². The number of carbonyl (C=O) groups is 1. The first-order valence-electron chi connectivity index (χ1n) is 3.50. The number of halogens is 1. The van der Waals surface area contributed by atoms with Gasteiger partial charge in [0.15, 0.2) is 0 Å². The summed E-state index contributed by atoms with van der Waals surface area (Å²) in [5.41, 5.74) is 0. The Labute approximate surface area is 78.0 Å². The van der Waals surface area contributed by atoms with Crippen molar-refractivity contribution in [2.24, 2.45) is 0 Å². The molecule has 0 saturated heterocycles. The molecule has 0 bridgehead atoms. The van der Waals surface area contributed by atoms with Crippen molar-refractivity contribution >= 4 is 17.6 Å². The number of likely N-dealkylation sites (N-methyl/N-ethyl adjacent to an activating group) is 1. The normalized spacial score (nSPS) is 10.1. The Morgan fingerprint density at radius 2 is 1.83 bits per heavy atom. The van der Waals surface area contributed by atoms with Crippen LogP contribution in [0.2, 0.25) is 0 Å². The van der Waals surface area contributed by atoms with Crippen LogP contribution < -0.4 is 5.11 Å². The lowest BCUT2D eigenvalue weighted by atomic mass is 10.5. The number of hydrogen-bond acceptors (Lipinski definition) is 3. The van der Waals surface area contributed by atoms with Gasteiger partial charge in [-0.3, -0.25) is 0 Å². The third-order valence-electron chi connectivity index (χ3n) is 0.880. The van der Waals surface area contributed by atoms with Crippen LogP contribution in [0.5, 0.6) is 0 Å². The molecule has 0 unspecified atom stereocenters. The summed E-state index contributed by atoms with van der Waals surface area (Å²) in [4.78, 5) is 9.12. The fourth-order valence-electron chi connectivity index (χ4n) is 0.300. The molecule has 0 radical (unpaired) electrons. The van der Waals surface area contributed by atoms with Gasteiger partial charge in [0, 0.05) is 0 Å². The van der Waals surface area contributed by atoms with Gasteiger partial charge < -0.3 is 19.5 Å². The number of aliphatic hydroxyl groups is 1. The molecular formula is C7H16ClNO3. The predicted molar refractivity (Wildman–Crippen MR) is 45.7 cm³/mol. The monoisotopic (exact) mass is 197 g/mol. The van der Waals surface area contributed by atoms with E-state index in [4.69, 9.17) is 15.0 Å². The largest absolute Gasteiger partial charge is 0.549 e. The van der Waals surface area contributed by atoms with E-state index < -0.39 is 11.8 Å². The maximum atomic E-state index is 9.12. The Hall–Kier alpha value is -0.320. The summed E-state index contributed by atoms with van der Waals surface area (Å²) in [6.45, 7) is 1.11. The molecule has 0 fully saturated rings. The molecule has 74 valence electrons. The lowest BCUT2D eigenvalue weighted by Crippen LogP contribution is -2.36. The molecule has 0 heterocycles. The Bertz CT molecular complexity index is 122. The summed E-state index contributed by atoms with van der Waals surface area (Å²) in [6, 6.07) is 0. The van der Waals surface area contributed by atoms with Crippen LogP contribution in [0, 0.1) is 0 Å². The van der Waals surface area contributed by atoms with E-state index in [9.17, 15) is 0 Å². The third-order valence-corrected chi connectivity index (χ3v) is 1.10. The van der Waals surface area contributed by atoms with Crippen molar-refractivity contribution in [2.75, 3.05) is 40.2 Å². The molecule has 0 aliphatic heterocycles. The molecule has 0 atom stereocenters. The van der Waals surface area contributed by atoms with Gasteiger partial charge in [-0.05, 0) is 0 Å². The average Bonchev–Trinajstić information content (AvgIpc) is 1.86. The number of alkyl halides is 1. The second-order valence-electron chi connectivity index (χ2n) is 3.24. The van der Waals surface area contributed by atoms with Crippen LogP contribution in [-0.2, 0) is 4.79 Å². The van der Waals surface area contributed by atoms with Gasteiger partial charge in [-0.25, -0.2) is 0 Å². The number of hydrogen-bond donors (Lipinski definition) is 1. The van der Waals surface area contributed by atoms with Crippen molar-refractivity contribution < 1.29 is 19.5 Å². The summed E-state index contributed by atoms with van der Waals surface area (Å²) in [5, 5.41) is 17.5. The molecule has 0 aromatic heterocycles. The molecule has 0 spiro atoms. The van der Waals surface area contributed by atoms with Crippen molar-refractivity contribution in [2.45, 2.75) is 0 Å². The van der Waals surface area contributed by atoms with Crippen LogP contribution in [0.4, 0.5) is 0 Å². The van der Waals surface area contributed by atoms with Gasteiger partial charge in [0.25, 0.3) is 0 Å². The number of aliphatic hydroxyl groups excluding tert-OH is 1. The maximum Gasteiger partial charge on any atom is 0.101 e. The zero-order chi connectivity index (χ0) is 10.2. The molecule has 0 rings (SSSR count). The molecule has 0 aliphatic rings. The van der Waals surface area contributed by atoms with Gasteiger partial charge in [-0.15, -0.1) is 11.6 Å². The minimum atomic E-state index is -1.23. The molecule has 1 N–H and O–H groups in total. The predicted octanol–water partition coefficient (Wildman–Crippen LogP) is -1.34. The van der Waals surface area contributed by atoms with Crippen LogP contribution in [-0.4, -0.2) is 55.7 Å². The molecule has 0 aliphatic carbocycles. The second-order valence-corrected chi connectivity index (χ2v) is 3.51. The van der Waals surface area contributed by atoms with Gasteiger partial charge in [0.1, 0.15) is 6.54 Å². The van der Waals surface area contributed by atoms with Crippen molar-refractivity contribution in [3.05, 3.63) is 0 Å². The first-order valence-corrected chi connectivity index (χ1v) is 4.04. The quantitative estimate of drug-likeness (QED) is 0.450. The molecule has 0 amide bonds. The minimum absolute atomic E-state index is 0.281. The molecule has 0 aromatic carbocycles. The van der Waals surface area contributed by atoms with Crippen LogP contribution >= 0.6 is 11.6 Å². The maximum absolute atomic E-state index is 9.12. The molecular weight excluding hydrogens is 182 g/mol. The highest BCUT2D eigenvalue weighted by molar-refractivity contribution is 6.25. The minimum Gasteiger partial charge on any atom is -0.549 e. The smallest absolute Gasteiger partial charge is 0.101 e. The SMILES string of the molecule is C[N+](C)(C)CCO.O=C([O-])CCl. The summed E-state index contributed by atoms with van der Waals surface area (Å²) >= 11 is 4.67. The van der Waals surface area contributed by atoms with Gasteiger partial charge >= 0.3 is 0 Å².